The summed E-state index contributed by atoms with van der Waals surface area (Å²) >= 11 is 1.58. The van der Waals surface area contributed by atoms with Gasteiger partial charge in [0, 0.05) is 17.2 Å². The van der Waals surface area contributed by atoms with Crippen LogP contribution in [0.1, 0.15) is 33.6 Å². The lowest BCUT2D eigenvalue weighted by Gasteiger charge is -2.34. The van der Waals surface area contributed by atoms with Crippen LogP contribution in [0, 0.1) is 11.8 Å². The van der Waals surface area contributed by atoms with Crippen LogP contribution in [-0.2, 0) is 0 Å². The van der Waals surface area contributed by atoms with Crippen molar-refractivity contribution in [2.45, 2.75) is 45.0 Å². The number of aromatic nitrogens is 3. The van der Waals surface area contributed by atoms with E-state index in [0.717, 1.165) is 29.8 Å². The number of para-hydroxylation sites is 1. The largest absolute Gasteiger partial charge is 0.452 e. The van der Waals surface area contributed by atoms with Gasteiger partial charge < -0.3 is 10.1 Å². The molecule has 0 spiro atoms. The van der Waals surface area contributed by atoms with Crippen molar-refractivity contribution in [2.75, 3.05) is 11.1 Å². The molecule has 1 aliphatic carbocycles. The monoisotopic (exact) mass is 368 g/mol. The quantitative estimate of drug-likeness (QED) is 0.622. The van der Waals surface area contributed by atoms with Crippen molar-refractivity contribution in [3.8, 4) is 17.1 Å². The fraction of sp³-hybridized carbons (Fsp3) is 0.450. The maximum absolute atomic E-state index is 6.40. The third-order valence-corrected chi connectivity index (χ3v) is 5.85. The van der Waals surface area contributed by atoms with Crippen molar-refractivity contribution in [3.05, 3.63) is 35.9 Å². The highest BCUT2D eigenvalue weighted by atomic mass is 32.2. The van der Waals surface area contributed by atoms with Crippen LogP contribution >= 0.6 is 11.8 Å². The molecule has 3 atom stereocenters. The van der Waals surface area contributed by atoms with E-state index in [1.54, 1.807) is 11.8 Å². The normalized spacial score (nSPS) is 24.4. The molecule has 26 heavy (non-hydrogen) atoms. The molecule has 0 bridgehead atoms. The molecule has 0 unspecified atom stereocenters. The molecule has 1 aromatic heterocycles. The molecular formula is C20H24N4OS. The minimum Gasteiger partial charge on any atom is -0.452 e. The van der Waals surface area contributed by atoms with E-state index >= 15 is 0 Å². The number of allylic oxidation sites excluding steroid dienone is 2. The second-order valence-corrected chi connectivity index (χ2v) is 8.27. The molecule has 0 radical (unpaired) electrons. The van der Waals surface area contributed by atoms with E-state index in [9.17, 15) is 0 Å². The molecule has 0 saturated carbocycles. The highest BCUT2D eigenvalue weighted by Crippen LogP contribution is 2.40. The van der Waals surface area contributed by atoms with Crippen molar-refractivity contribution in [2.24, 2.45) is 11.8 Å². The summed E-state index contributed by atoms with van der Waals surface area (Å²) in [6.07, 6.45) is 4.33. The Kier molecular flexibility index (Phi) is 4.85. The third-order valence-electron chi connectivity index (χ3n) is 5.13. The van der Waals surface area contributed by atoms with Gasteiger partial charge in [-0.15, -0.1) is 10.2 Å². The predicted octanol–water partition coefficient (Wildman–Crippen LogP) is 4.77. The van der Waals surface area contributed by atoms with Crippen LogP contribution in [0.5, 0.6) is 5.88 Å². The van der Waals surface area contributed by atoms with Crippen LogP contribution in [0.15, 0.2) is 41.1 Å². The Morgan fingerprint density at radius 3 is 2.92 bits per heavy atom. The first-order valence-corrected chi connectivity index (χ1v) is 10.2. The first-order valence-electron chi connectivity index (χ1n) is 9.21. The van der Waals surface area contributed by atoms with Crippen molar-refractivity contribution in [1.29, 1.82) is 0 Å². The number of nitrogens with one attached hydrogen (secondary N) is 1. The van der Waals surface area contributed by atoms with Crippen LogP contribution in [0.2, 0.25) is 0 Å². The number of hydrogen-bond donors (Lipinski definition) is 1. The molecule has 2 aliphatic rings. The van der Waals surface area contributed by atoms with Gasteiger partial charge in [-0.2, -0.15) is 4.98 Å². The van der Waals surface area contributed by atoms with Gasteiger partial charge in [-0.1, -0.05) is 55.5 Å². The van der Waals surface area contributed by atoms with Gasteiger partial charge >= 0.3 is 0 Å². The first kappa shape index (κ1) is 17.3. The standard InChI is InChI=1S/C20H24N4OS/c1-4-26-20-22-19-17(23-24-20)15-7-5-6-8-16(15)21-18(25-19)14-10-9-12(2)11-13(14)3/h5-9,13-14,18,21H,4,10-11H2,1-3H3/t13-,14-,18-/m1/s1. The van der Waals surface area contributed by atoms with Gasteiger partial charge in [0.15, 0.2) is 11.9 Å². The summed E-state index contributed by atoms with van der Waals surface area (Å²) in [5.74, 6) is 2.42. The van der Waals surface area contributed by atoms with Gasteiger partial charge in [0.05, 0.1) is 0 Å². The average Bonchev–Trinajstić information content (AvgIpc) is 2.78. The first-order chi connectivity index (χ1) is 12.7. The summed E-state index contributed by atoms with van der Waals surface area (Å²) in [7, 11) is 0. The molecule has 5 nitrogen and oxygen atoms in total. The molecule has 2 heterocycles. The lowest BCUT2D eigenvalue weighted by Crippen LogP contribution is -2.39. The summed E-state index contributed by atoms with van der Waals surface area (Å²) in [6, 6.07) is 8.16. The van der Waals surface area contributed by atoms with Crippen molar-refractivity contribution < 1.29 is 4.74 Å². The van der Waals surface area contributed by atoms with E-state index in [1.165, 1.54) is 5.57 Å². The minimum absolute atomic E-state index is 0.132. The number of hydrogen-bond acceptors (Lipinski definition) is 6. The Bertz CT molecular complexity index is 838. The Balaban J connectivity index is 1.75. The molecule has 4 rings (SSSR count). The highest BCUT2D eigenvalue weighted by molar-refractivity contribution is 7.99. The zero-order valence-electron chi connectivity index (χ0n) is 15.4. The average molecular weight is 369 g/mol. The zero-order valence-corrected chi connectivity index (χ0v) is 16.2. The molecule has 0 fully saturated rings. The van der Waals surface area contributed by atoms with E-state index in [-0.39, 0.29) is 6.23 Å². The van der Waals surface area contributed by atoms with Crippen LogP contribution in [0.25, 0.3) is 11.3 Å². The summed E-state index contributed by atoms with van der Waals surface area (Å²) in [5, 5.41) is 13.0. The summed E-state index contributed by atoms with van der Waals surface area (Å²) in [5.41, 5.74) is 4.20. The minimum atomic E-state index is -0.132. The fourth-order valence-electron chi connectivity index (χ4n) is 3.79. The van der Waals surface area contributed by atoms with Gasteiger partial charge in [0.25, 0.3) is 0 Å². The number of thioether (sulfide) groups is 1. The third kappa shape index (κ3) is 3.30. The molecule has 0 saturated heterocycles. The molecule has 1 aromatic carbocycles. The summed E-state index contributed by atoms with van der Waals surface area (Å²) in [6.45, 7) is 6.60. The molecule has 136 valence electrons. The molecule has 1 aliphatic heterocycles. The second-order valence-electron chi connectivity index (χ2n) is 7.04. The smallest absolute Gasteiger partial charge is 0.247 e. The van der Waals surface area contributed by atoms with Crippen molar-refractivity contribution >= 4 is 17.4 Å². The molecular weight excluding hydrogens is 344 g/mol. The number of benzene rings is 1. The summed E-state index contributed by atoms with van der Waals surface area (Å²) < 4.78 is 6.40. The highest BCUT2D eigenvalue weighted by Gasteiger charge is 2.34. The Morgan fingerprint density at radius 2 is 2.12 bits per heavy atom. The molecule has 2 aromatic rings. The van der Waals surface area contributed by atoms with Crippen LogP contribution in [0.4, 0.5) is 5.69 Å². The van der Waals surface area contributed by atoms with E-state index in [2.05, 4.69) is 53.4 Å². The number of fused-ring (bicyclic) bond motifs is 3. The number of ether oxygens (including phenoxy) is 1. The summed E-state index contributed by atoms with van der Waals surface area (Å²) in [4.78, 5) is 4.66. The lowest BCUT2D eigenvalue weighted by molar-refractivity contribution is 0.114. The number of anilines is 1. The van der Waals surface area contributed by atoms with Gasteiger partial charge in [0.2, 0.25) is 11.0 Å². The Labute approximate surface area is 158 Å². The van der Waals surface area contributed by atoms with Crippen molar-refractivity contribution in [1.82, 2.24) is 15.2 Å². The fourth-order valence-corrected chi connectivity index (χ4v) is 4.29. The topological polar surface area (TPSA) is 59.9 Å². The van der Waals surface area contributed by atoms with E-state index in [0.29, 0.717) is 28.6 Å². The van der Waals surface area contributed by atoms with Crippen LogP contribution in [0.3, 0.4) is 0 Å². The molecule has 6 heteroatoms. The molecule has 1 N–H and O–H groups in total. The number of rotatable bonds is 3. The Hall–Kier alpha value is -2.08. The van der Waals surface area contributed by atoms with Crippen LogP contribution in [-0.4, -0.2) is 27.2 Å². The van der Waals surface area contributed by atoms with Gasteiger partial charge in [-0.25, -0.2) is 0 Å². The van der Waals surface area contributed by atoms with Crippen molar-refractivity contribution in [3.63, 3.8) is 0 Å². The van der Waals surface area contributed by atoms with Gasteiger partial charge in [-0.05, 0) is 37.5 Å². The predicted molar refractivity (Wildman–Crippen MR) is 105 cm³/mol. The van der Waals surface area contributed by atoms with Gasteiger partial charge in [-0.3, -0.25) is 0 Å². The second kappa shape index (κ2) is 7.27. The SMILES string of the molecule is CCSc1nnc2c(n1)O[C@H]([C@@H]1CC=C(C)C[C@H]1C)Nc1ccccc1-2. The van der Waals surface area contributed by atoms with E-state index in [1.807, 2.05) is 18.2 Å². The zero-order chi connectivity index (χ0) is 18.1. The Morgan fingerprint density at radius 1 is 1.27 bits per heavy atom. The number of nitrogens with zero attached hydrogens (tertiary/aromatic N) is 3. The van der Waals surface area contributed by atoms with Gasteiger partial charge in [0.1, 0.15) is 0 Å². The van der Waals surface area contributed by atoms with Crippen LogP contribution < -0.4 is 10.1 Å². The molecule has 0 amide bonds. The van der Waals surface area contributed by atoms with E-state index in [4.69, 9.17) is 4.74 Å². The van der Waals surface area contributed by atoms with E-state index < -0.39 is 0 Å². The maximum atomic E-state index is 6.40. The lowest BCUT2D eigenvalue weighted by atomic mass is 9.80. The maximum Gasteiger partial charge on any atom is 0.247 e.